The minimum Gasteiger partial charge on any atom is -0.461 e. The van der Waals surface area contributed by atoms with Crippen LogP contribution in [0.4, 0.5) is 0 Å². The van der Waals surface area contributed by atoms with Crippen molar-refractivity contribution in [3.8, 4) is 0 Å². The van der Waals surface area contributed by atoms with Crippen LogP contribution in [0, 0.1) is 5.92 Å². The molecule has 6 heteroatoms. The maximum absolute atomic E-state index is 12.3. The normalized spacial score (nSPS) is 12.6. The van der Waals surface area contributed by atoms with E-state index in [1.807, 2.05) is 60.7 Å². The van der Waals surface area contributed by atoms with Crippen molar-refractivity contribution >= 4 is 25.7 Å². The number of hydrogen-bond acceptors (Lipinski definition) is 4. The summed E-state index contributed by atoms with van der Waals surface area (Å²) >= 11 is 0. The molecular weight excluding hydrogens is 336 g/mol. The lowest BCUT2D eigenvalue weighted by molar-refractivity contribution is -0.149. The van der Waals surface area contributed by atoms with E-state index in [0.29, 0.717) is 0 Å². The Labute approximate surface area is 140 Å². The summed E-state index contributed by atoms with van der Waals surface area (Å²) in [5.41, 5.74) is 1.70. The molecular formula is C17H17ClO4S. The molecule has 0 unspecified atom stereocenters. The molecule has 2 aromatic carbocycles. The van der Waals surface area contributed by atoms with Gasteiger partial charge in [0, 0.05) is 10.7 Å². The van der Waals surface area contributed by atoms with Gasteiger partial charge in [-0.25, -0.2) is 8.42 Å². The number of rotatable bonds is 7. The predicted molar refractivity (Wildman–Crippen MR) is 89.5 cm³/mol. The van der Waals surface area contributed by atoms with E-state index in [-0.39, 0.29) is 13.0 Å². The van der Waals surface area contributed by atoms with E-state index in [0.717, 1.165) is 11.1 Å². The fourth-order valence-electron chi connectivity index (χ4n) is 2.20. The number of carbonyl (C=O) groups is 1. The molecule has 2 rings (SSSR count). The first-order chi connectivity index (χ1) is 10.9. The predicted octanol–water partition coefficient (Wildman–Crippen LogP) is 3.16. The molecule has 0 aliphatic carbocycles. The Morgan fingerprint density at radius 1 is 0.957 bits per heavy atom. The summed E-state index contributed by atoms with van der Waals surface area (Å²) in [4.78, 5) is 12.3. The molecule has 0 radical (unpaired) electrons. The zero-order valence-corrected chi connectivity index (χ0v) is 14.0. The third-order valence-corrected chi connectivity index (χ3v) is 4.46. The summed E-state index contributed by atoms with van der Waals surface area (Å²) < 4.78 is 28.0. The van der Waals surface area contributed by atoms with E-state index in [1.54, 1.807) is 0 Å². The van der Waals surface area contributed by atoms with Gasteiger partial charge in [0.1, 0.15) is 6.61 Å². The highest BCUT2D eigenvalue weighted by Gasteiger charge is 2.26. The molecule has 0 fully saturated rings. The lowest BCUT2D eigenvalue weighted by Gasteiger charge is -2.15. The van der Waals surface area contributed by atoms with Gasteiger partial charge < -0.3 is 4.74 Å². The van der Waals surface area contributed by atoms with Crippen LogP contribution >= 0.6 is 10.7 Å². The first kappa shape index (κ1) is 17.5. The van der Waals surface area contributed by atoms with Gasteiger partial charge in [0.2, 0.25) is 9.05 Å². The maximum atomic E-state index is 12.3. The largest absolute Gasteiger partial charge is 0.461 e. The Morgan fingerprint density at radius 3 is 2.00 bits per heavy atom. The number of hydrogen-bond donors (Lipinski definition) is 0. The van der Waals surface area contributed by atoms with Gasteiger partial charge in [0.05, 0.1) is 11.7 Å². The van der Waals surface area contributed by atoms with Crippen LogP contribution in [0.5, 0.6) is 0 Å². The van der Waals surface area contributed by atoms with Gasteiger partial charge in [-0.3, -0.25) is 4.79 Å². The Bertz CT molecular complexity index is 730. The lowest BCUT2D eigenvalue weighted by atomic mass is 10.0. The van der Waals surface area contributed by atoms with E-state index >= 15 is 0 Å². The van der Waals surface area contributed by atoms with Crippen LogP contribution in [0.25, 0.3) is 0 Å². The molecule has 0 amide bonds. The monoisotopic (exact) mass is 352 g/mol. The van der Waals surface area contributed by atoms with Crippen LogP contribution in [0.2, 0.25) is 0 Å². The van der Waals surface area contributed by atoms with Crippen molar-refractivity contribution in [2.75, 3.05) is 5.75 Å². The van der Waals surface area contributed by atoms with Gasteiger partial charge in [-0.05, 0) is 17.5 Å². The van der Waals surface area contributed by atoms with Crippen molar-refractivity contribution in [1.29, 1.82) is 0 Å². The average molecular weight is 353 g/mol. The second kappa shape index (κ2) is 8.13. The molecule has 0 N–H and O–H groups in total. The van der Waals surface area contributed by atoms with Crippen LogP contribution < -0.4 is 0 Å². The number of benzene rings is 2. The second-order valence-corrected chi connectivity index (χ2v) is 8.01. The third-order valence-electron chi connectivity index (χ3n) is 3.28. The standard InChI is InChI=1S/C17H17ClO4S/c18-23(20,21)13-16(11-14-7-3-1-4-8-14)17(19)22-12-15-9-5-2-6-10-15/h1-10,16H,11-13H2/t16-/m1/s1. The summed E-state index contributed by atoms with van der Waals surface area (Å²) in [5, 5.41) is 0. The van der Waals surface area contributed by atoms with Crippen molar-refractivity contribution in [2.24, 2.45) is 5.92 Å². The maximum Gasteiger partial charge on any atom is 0.310 e. The van der Waals surface area contributed by atoms with Gasteiger partial charge in [-0.1, -0.05) is 60.7 Å². The number of carbonyl (C=O) groups excluding carboxylic acids is 1. The van der Waals surface area contributed by atoms with Gasteiger partial charge >= 0.3 is 5.97 Å². The summed E-state index contributed by atoms with van der Waals surface area (Å²) in [6, 6.07) is 18.4. The average Bonchev–Trinajstić information content (AvgIpc) is 2.53. The zero-order chi connectivity index (χ0) is 16.7. The summed E-state index contributed by atoms with van der Waals surface area (Å²) in [6.07, 6.45) is 0.264. The Balaban J connectivity index is 2.04. The van der Waals surface area contributed by atoms with Crippen LogP contribution in [0.15, 0.2) is 60.7 Å². The second-order valence-electron chi connectivity index (χ2n) is 5.19. The highest BCUT2D eigenvalue weighted by atomic mass is 35.7. The molecule has 0 aromatic heterocycles. The van der Waals surface area contributed by atoms with E-state index in [2.05, 4.69) is 0 Å². The van der Waals surface area contributed by atoms with E-state index in [4.69, 9.17) is 15.4 Å². The highest BCUT2D eigenvalue weighted by Crippen LogP contribution is 2.16. The first-order valence-corrected chi connectivity index (χ1v) is 9.59. The van der Waals surface area contributed by atoms with Gasteiger partial charge in [0.15, 0.2) is 0 Å². The molecule has 0 bridgehead atoms. The van der Waals surface area contributed by atoms with Crippen molar-refractivity contribution in [3.05, 3.63) is 71.8 Å². The zero-order valence-electron chi connectivity index (χ0n) is 12.4. The van der Waals surface area contributed by atoms with Crippen LogP contribution in [-0.2, 0) is 31.6 Å². The minimum absolute atomic E-state index is 0.104. The van der Waals surface area contributed by atoms with Crippen molar-refractivity contribution in [1.82, 2.24) is 0 Å². The molecule has 0 saturated heterocycles. The lowest BCUT2D eigenvalue weighted by Crippen LogP contribution is -2.26. The summed E-state index contributed by atoms with van der Waals surface area (Å²) in [7, 11) is 1.52. The number of ether oxygens (including phenoxy) is 1. The van der Waals surface area contributed by atoms with E-state index in [9.17, 15) is 13.2 Å². The number of halogens is 1. The SMILES string of the molecule is O=C(OCc1ccccc1)[C@H](Cc1ccccc1)CS(=O)(=O)Cl. The molecule has 4 nitrogen and oxygen atoms in total. The fourth-order valence-corrected chi connectivity index (χ4v) is 3.39. The molecule has 0 aliphatic heterocycles. The molecule has 0 heterocycles. The minimum atomic E-state index is -3.80. The quantitative estimate of drug-likeness (QED) is 0.567. The first-order valence-electron chi connectivity index (χ1n) is 7.11. The Hall–Kier alpha value is -1.85. The van der Waals surface area contributed by atoms with Crippen molar-refractivity contribution in [2.45, 2.75) is 13.0 Å². The molecule has 122 valence electrons. The molecule has 2 aromatic rings. The molecule has 0 spiro atoms. The fraction of sp³-hybridized carbons (Fsp3) is 0.235. The number of esters is 1. The topological polar surface area (TPSA) is 60.4 Å². The van der Waals surface area contributed by atoms with Crippen LogP contribution in [-0.4, -0.2) is 20.1 Å². The summed E-state index contributed by atoms with van der Waals surface area (Å²) in [6.45, 7) is 0.104. The molecule has 0 saturated carbocycles. The molecule has 1 atom stereocenters. The van der Waals surface area contributed by atoms with E-state index in [1.165, 1.54) is 0 Å². The van der Waals surface area contributed by atoms with Crippen molar-refractivity contribution < 1.29 is 17.9 Å². The molecule has 0 aliphatic rings. The highest BCUT2D eigenvalue weighted by molar-refractivity contribution is 8.13. The smallest absolute Gasteiger partial charge is 0.310 e. The van der Waals surface area contributed by atoms with Crippen LogP contribution in [0.1, 0.15) is 11.1 Å². The van der Waals surface area contributed by atoms with Gasteiger partial charge in [-0.2, -0.15) is 0 Å². The van der Waals surface area contributed by atoms with Gasteiger partial charge in [0.25, 0.3) is 0 Å². The van der Waals surface area contributed by atoms with E-state index < -0.39 is 26.7 Å². The van der Waals surface area contributed by atoms with Crippen molar-refractivity contribution in [3.63, 3.8) is 0 Å². The Kier molecular flexibility index (Phi) is 6.19. The summed E-state index contributed by atoms with van der Waals surface area (Å²) in [5.74, 6) is -1.84. The third kappa shape index (κ3) is 6.42. The molecule has 23 heavy (non-hydrogen) atoms. The Morgan fingerprint density at radius 2 is 1.48 bits per heavy atom. The van der Waals surface area contributed by atoms with Crippen LogP contribution in [0.3, 0.4) is 0 Å². The van der Waals surface area contributed by atoms with Gasteiger partial charge in [-0.15, -0.1) is 0 Å².